The van der Waals surface area contributed by atoms with Crippen LogP contribution in [0.2, 0.25) is 0 Å². The molecule has 0 radical (unpaired) electrons. The summed E-state index contributed by atoms with van der Waals surface area (Å²) in [6.45, 7) is 0. The number of imidazole rings is 1. The average molecular weight is 375 g/mol. The summed E-state index contributed by atoms with van der Waals surface area (Å²) in [5.41, 5.74) is 1.76. The van der Waals surface area contributed by atoms with Crippen LogP contribution in [0.4, 0.5) is 4.39 Å². The van der Waals surface area contributed by atoms with Gasteiger partial charge in [0.25, 0.3) is 5.56 Å². The van der Waals surface area contributed by atoms with Crippen LogP contribution in [0.5, 0.6) is 0 Å². The molecule has 0 aliphatic carbocycles. The van der Waals surface area contributed by atoms with Gasteiger partial charge in [0.15, 0.2) is 4.96 Å². The van der Waals surface area contributed by atoms with Crippen LogP contribution in [-0.2, 0) is 0 Å². The molecule has 0 saturated carbocycles. The second-order valence-electron chi connectivity index (χ2n) is 4.80. The highest BCUT2D eigenvalue weighted by Gasteiger charge is 2.11. The van der Waals surface area contributed by atoms with E-state index in [9.17, 15) is 9.18 Å². The Morgan fingerprint density at radius 1 is 1.23 bits per heavy atom. The first-order valence-corrected chi connectivity index (χ1v) is 8.11. The molecule has 0 bridgehead atoms. The fraction of sp³-hybridized carbons (Fsp3) is 0. The quantitative estimate of drug-likeness (QED) is 0.511. The van der Waals surface area contributed by atoms with Crippen LogP contribution in [0.15, 0.2) is 51.7 Å². The molecule has 0 atom stereocenters. The molecule has 0 fully saturated rings. The normalized spacial score (nSPS) is 12.5. The molecule has 0 aliphatic rings. The van der Waals surface area contributed by atoms with Crippen molar-refractivity contribution in [3.63, 3.8) is 0 Å². The third kappa shape index (κ3) is 2.07. The van der Waals surface area contributed by atoms with E-state index in [1.807, 2.05) is 24.3 Å². The Morgan fingerprint density at radius 2 is 2.05 bits per heavy atom. The second-order valence-corrected chi connectivity index (χ2v) is 6.72. The largest absolute Gasteiger partial charge is 0.274 e. The van der Waals surface area contributed by atoms with Gasteiger partial charge in [-0.25, -0.2) is 13.8 Å². The Balaban J connectivity index is 2.04. The van der Waals surface area contributed by atoms with Crippen LogP contribution in [-0.4, -0.2) is 9.38 Å². The Hall–Kier alpha value is -2.05. The van der Waals surface area contributed by atoms with Crippen molar-refractivity contribution in [3.05, 3.63) is 73.2 Å². The minimum absolute atomic E-state index is 0.173. The first-order chi connectivity index (χ1) is 10.6. The first-order valence-electron chi connectivity index (χ1n) is 6.50. The van der Waals surface area contributed by atoms with Crippen molar-refractivity contribution < 1.29 is 4.39 Å². The third-order valence-electron chi connectivity index (χ3n) is 3.39. The maximum absolute atomic E-state index is 13.8. The lowest BCUT2D eigenvalue weighted by Gasteiger charge is -1.96. The molecule has 2 heterocycles. The van der Waals surface area contributed by atoms with E-state index in [0.29, 0.717) is 15.1 Å². The number of rotatable bonds is 1. The van der Waals surface area contributed by atoms with Gasteiger partial charge in [0.2, 0.25) is 0 Å². The SMILES string of the molecule is O=c1c(=Cc2cc(Br)ccc2F)sc2nc3ccccc3n12. The number of hydrogen-bond acceptors (Lipinski definition) is 3. The van der Waals surface area contributed by atoms with Gasteiger partial charge in [-0.3, -0.25) is 4.79 Å². The Kier molecular flexibility index (Phi) is 3.09. The van der Waals surface area contributed by atoms with Gasteiger partial charge in [-0.05, 0) is 36.4 Å². The van der Waals surface area contributed by atoms with Crippen LogP contribution in [0, 0.1) is 5.82 Å². The van der Waals surface area contributed by atoms with Gasteiger partial charge in [0, 0.05) is 10.0 Å². The zero-order valence-electron chi connectivity index (χ0n) is 11.1. The predicted molar refractivity (Wildman–Crippen MR) is 89.7 cm³/mol. The van der Waals surface area contributed by atoms with Crippen LogP contribution in [0.3, 0.4) is 0 Å². The molecule has 0 amide bonds. The molecule has 2 aromatic heterocycles. The standard InChI is InChI=1S/C16H8BrFN2OS/c17-10-5-6-11(18)9(7-10)8-14-15(21)20-13-4-2-1-3-12(13)19-16(20)22-14/h1-8H. The molecule has 0 spiro atoms. The van der Waals surface area contributed by atoms with E-state index < -0.39 is 0 Å². The summed E-state index contributed by atoms with van der Waals surface area (Å²) in [6, 6.07) is 12.1. The Morgan fingerprint density at radius 3 is 2.91 bits per heavy atom. The number of hydrogen-bond donors (Lipinski definition) is 0. The lowest BCUT2D eigenvalue weighted by atomic mass is 10.2. The summed E-state index contributed by atoms with van der Waals surface area (Å²) in [7, 11) is 0. The summed E-state index contributed by atoms with van der Waals surface area (Å²) in [6.07, 6.45) is 1.57. The highest BCUT2D eigenvalue weighted by atomic mass is 79.9. The molecule has 6 heteroatoms. The molecule has 0 unspecified atom stereocenters. The van der Waals surface area contributed by atoms with Crippen molar-refractivity contribution in [2.24, 2.45) is 0 Å². The lowest BCUT2D eigenvalue weighted by molar-refractivity contribution is 0.624. The maximum Gasteiger partial charge on any atom is 0.274 e. The molecule has 108 valence electrons. The van der Waals surface area contributed by atoms with E-state index in [1.165, 1.54) is 17.4 Å². The van der Waals surface area contributed by atoms with Gasteiger partial charge in [-0.2, -0.15) is 0 Å². The monoisotopic (exact) mass is 374 g/mol. The average Bonchev–Trinajstić information content (AvgIpc) is 3.00. The van der Waals surface area contributed by atoms with Crippen LogP contribution in [0.25, 0.3) is 22.1 Å². The van der Waals surface area contributed by atoms with E-state index in [0.717, 1.165) is 15.5 Å². The van der Waals surface area contributed by atoms with Crippen molar-refractivity contribution in [2.75, 3.05) is 0 Å². The van der Waals surface area contributed by atoms with Gasteiger partial charge < -0.3 is 0 Å². The molecule has 0 aliphatic heterocycles. The molecular weight excluding hydrogens is 367 g/mol. The highest BCUT2D eigenvalue weighted by Crippen LogP contribution is 2.18. The van der Waals surface area contributed by atoms with Crippen LogP contribution >= 0.6 is 27.3 Å². The molecule has 0 N–H and O–H groups in total. The molecule has 3 nitrogen and oxygen atoms in total. The Bertz CT molecular complexity index is 1130. The fourth-order valence-electron chi connectivity index (χ4n) is 2.38. The summed E-state index contributed by atoms with van der Waals surface area (Å²) < 4.78 is 16.6. The second kappa shape index (κ2) is 5.00. The third-order valence-corrected chi connectivity index (χ3v) is 4.85. The summed E-state index contributed by atoms with van der Waals surface area (Å²) in [5.74, 6) is -0.363. The Labute approximate surface area is 136 Å². The molecule has 22 heavy (non-hydrogen) atoms. The smallest absolute Gasteiger partial charge is 0.267 e. The van der Waals surface area contributed by atoms with Gasteiger partial charge in [-0.1, -0.05) is 39.4 Å². The minimum Gasteiger partial charge on any atom is -0.267 e. The first kappa shape index (κ1) is 13.6. The van der Waals surface area contributed by atoms with Crippen molar-refractivity contribution >= 4 is 49.3 Å². The number of para-hydroxylation sites is 2. The zero-order valence-corrected chi connectivity index (χ0v) is 13.5. The number of fused-ring (bicyclic) bond motifs is 3. The van der Waals surface area contributed by atoms with Crippen LogP contribution < -0.4 is 10.1 Å². The van der Waals surface area contributed by atoms with Crippen molar-refractivity contribution in [2.45, 2.75) is 0 Å². The summed E-state index contributed by atoms with van der Waals surface area (Å²) in [4.78, 5) is 17.6. The van der Waals surface area contributed by atoms with Gasteiger partial charge in [0.1, 0.15) is 5.82 Å². The number of halogens is 2. The van der Waals surface area contributed by atoms with E-state index in [-0.39, 0.29) is 11.4 Å². The predicted octanol–water partition coefficient (Wildman–Crippen LogP) is 3.36. The van der Waals surface area contributed by atoms with Gasteiger partial charge in [-0.15, -0.1) is 0 Å². The van der Waals surface area contributed by atoms with Crippen molar-refractivity contribution in [3.8, 4) is 0 Å². The van der Waals surface area contributed by atoms with E-state index in [1.54, 1.807) is 22.6 Å². The van der Waals surface area contributed by atoms with Gasteiger partial charge >= 0.3 is 0 Å². The van der Waals surface area contributed by atoms with Gasteiger partial charge in [0.05, 0.1) is 15.6 Å². The highest BCUT2D eigenvalue weighted by molar-refractivity contribution is 9.10. The lowest BCUT2D eigenvalue weighted by Crippen LogP contribution is -2.22. The zero-order chi connectivity index (χ0) is 15.3. The number of benzene rings is 2. The summed E-state index contributed by atoms with van der Waals surface area (Å²) >= 11 is 4.57. The van der Waals surface area contributed by atoms with Crippen molar-refractivity contribution in [1.82, 2.24) is 9.38 Å². The molecular formula is C16H8BrFN2OS. The fourth-order valence-corrected chi connectivity index (χ4v) is 3.73. The molecule has 0 saturated heterocycles. The number of nitrogens with zero attached hydrogens (tertiary/aromatic N) is 2. The molecule has 2 aromatic carbocycles. The molecule has 4 aromatic rings. The van der Waals surface area contributed by atoms with E-state index >= 15 is 0 Å². The molecule has 4 rings (SSSR count). The number of thiazole rings is 1. The van der Waals surface area contributed by atoms with Crippen LogP contribution in [0.1, 0.15) is 5.56 Å². The maximum atomic E-state index is 13.8. The number of aromatic nitrogens is 2. The minimum atomic E-state index is -0.363. The summed E-state index contributed by atoms with van der Waals surface area (Å²) in [5, 5.41) is 0. The van der Waals surface area contributed by atoms with E-state index in [4.69, 9.17) is 0 Å². The van der Waals surface area contributed by atoms with Crippen molar-refractivity contribution in [1.29, 1.82) is 0 Å². The van der Waals surface area contributed by atoms with E-state index in [2.05, 4.69) is 20.9 Å². The topological polar surface area (TPSA) is 34.4 Å².